The Hall–Kier alpha value is -3.91. The van der Waals surface area contributed by atoms with E-state index >= 15 is 0 Å². The second-order valence-electron chi connectivity index (χ2n) is 16.4. The molecule has 53 heavy (non-hydrogen) atoms. The zero-order chi connectivity index (χ0) is 38.1. The summed E-state index contributed by atoms with van der Waals surface area (Å²) in [7, 11) is -2.50. The summed E-state index contributed by atoms with van der Waals surface area (Å²) in [4.78, 5) is 38.2. The second-order valence-corrected chi connectivity index (χ2v) is 18.4. The molecule has 1 atom stereocenters. The van der Waals surface area contributed by atoms with Crippen LogP contribution >= 0.6 is 11.6 Å². The zero-order valence-corrected chi connectivity index (χ0v) is 33.1. The molecule has 3 aliphatic rings. The standard InChI is InChI=1S/C38H52ClN7O6S/c1-37(2,3)52-36(48)45-24-25(23-38(45,4)5)9-8-20-44(6)30-10-7-11-33(40-30)53(49,50)43-35(47)29-16-17-31(41-34(29)39)46-21-18-32(42-46)51-22-19-28(26-12-13-26)27-14-15-27/h7,10-11,16-18,21,25-28H,8-9,12-15,19-20,22-24H2,1-6H3,(H,43,47). The van der Waals surface area contributed by atoms with E-state index in [2.05, 4.69) is 33.6 Å². The number of likely N-dealkylation sites (tertiary alicyclic amines) is 1. The molecule has 1 N–H and O–H groups in total. The lowest BCUT2D eigenvalue weighted by molar-refractivity contribution is 0.0130. The minimum absolute atomic E-state index is 0.109. The summed E-state index contributed by atoms with van der Waals surface area (Å²) in [6.07, 6.45) is 10.3. The molecule has 0 spiro atoms. The number of nitrogens with zero attached hydrogens (tertiary/aromatic N) is 6. The van der Waals surface area contributed by atoms with Gasteiger partial charge in [-0.3, -0.25) is 4.79 Å². The first kappa shape index (κ1) is 38.8. The van der Waals surface area contributed by atoms with E-state index in [0.29, 0.717) is 43.1 Å². The van der Waals surface area contributed by atoms with Crippen LogP contribution in [0.5, 0.6) is 5.88 Å². The predicted octanol–water partition coefficient (Wildman–Crippen LogP) is 6.89. The second kappa shape index (κ2) is 15.4. The van der Waals surface area contributed by atoms with Gasteiger partial charge in [-0.15, -0.1) is 5.10 Å². The van der Waals surface area contributed by atoms with Crippen molar-refractivity contribution in [1.82, 2.24) is 29.4 Å². The zero-order valence-electron chi connectivity index (χ0n) is 31.5. The first-order chi connectivity index (χ1) is 25.0. The van der Waals surface area contributed by atoms with Gasteiger partial charge < -0.3 is 19.3 Å². The summed E-state index contributed by atoms with van der Waals surface area (Å²) in [5.74, 6) is 3.14. The lowest BCUT2D eigenvalue weighted by atomic mass is 9.93. The van der Waals surface area contributed by atoms with Crippen LogP contribution < -0.4 is 14.4 Å². The topological polar surface area (TPSA) is 149 Å². The Labute approximate surface area is 317 Å². The highest BCUT2D eigenvalue weighted by molar-refractivity contribution is 7.90. The van der Waals surface area contributed by atoms with Crippen LogP contribution in [-0.2, 0) is 14.8 Å². The van der Waals surface area contributed by atoms with Gasteiger partial charge in [-0.2, -0.15) is 8.42 Å². The van der Waals surface area contributed by atoms with E-state index in [1.165, 1.54) is 48.6 Å². The van der Waals surface area contributed by atoms with Crippen LogP contribution in [0, 0.1) is 23.7 Å². The van der Waals surface area contributed by atoms with Crippen molar-refractivity contribution < 1.29 is 27.5 Å². The van der Waals surface area contributed by atoms with Crippen molar-refractivity contribution in [3.05, 3.63) is 53.3 Å². The van der Waals surface area contributed by atoms with E-state index in [-0.39, 0.29) is 27.4 Å². The molecule has 2 amide bonds. The lowest BCUT2D eigenvalue weighted by Gasteiger charge is -2.33. The molecule has 1 saturated heterocycles. The molecule has 13 nitrogen and oxygen atoms in total. The van der Waals surface area contributed by atoms with Gasteiger partial charge in [0.05, 0.1) is 12.2 Å². The van der Waals surface area contributed by atoms with Gasteiger partial charge in [-0.05, 0) is 134 Å². The molecular formula is C38H52ClN7O6S. The first-order valence-corrected chi connectivity index (χ1v) is 20.5. The van der Waals surface area contributed by atoms with Gasteiger partial charge in [0, 0.05) is 37.9 Å². The van der Waals surface area contributed by atoms with Crippen LogP contribution in [0.1, 0.15) is 96.3 Å². The summed E-state index contributed by atoms with van der Waals surface area (Å²) in [6, 6.07) is 9.33. The van der Waals surface area contributed by atoms with Gasteiger partial charge in [0.1, 0.15) is 16.6 Å². The van der Waals surface area contributed by atoms with Crippen molar-refractivity contribution in [3.8, 4) is 11.7 Å². The van der Waals surface area contributed by atoms with E-state index in [4.69, 9.17) is 21.1 Å². The molecule has 6 rings (SSSR count). The number of pyridine rings is 2. The predicted molar refractivity (Wildman–Crippen MR) is 202 cm³/mol. The normalized spacial score (nSPS) is 18.6. The molecule has 0 bridgehead atoms. The largest absolute Gasteiger partial charge is 0.477 e. The molecule has 0 aromatic carbocycles. The molecule has 1 aliphatic heterocycles. The Morgan fingerprint density at radius 3 is 2.45 bits per heavy atom. The number of ether oxygens (including phenoxy) is 2. The molecule has 2 aliphatic carbocycles. The molecule has 2 saturated carbocycles. The van der Waals surface area contributed by atoms with Crippen LogP contribution in [0.3, 0.4) is 0 Å². The lowest BCUT2D eigenvalue weighted by Crippen LogP contribution is -2.45. The number of carbonyl (C=O) groups is 2. The monoisotopic (exact) mass is 769 g/mol. The van der Waals surface area contributed by atoms with E-state index in [0.717, 1.165) is 43.4 Å². The van der Waals surface area contributed by atoms with Gasteiger partial charge in [0.25, 0.3) is 15.9 Å². The minimum Gasteiger partial charge on any atom is -0.477 e. The van der Waals surface area contributed by atoms with Crippen molar-refractivity contribution in [2.45, 2.75) is 102 Å². The number of rotatable bonds is 15. The van der Waals surface area contributed by atoms with Gasteiger partial charge in [0.15, 0.2) is 10.8 Å². The Kier molecular flexibility index (Phi) is 11.3. The highest BCUT2D eigenvalue weighted by Gasteiger charge is 2.43. The SMILES string of the molecule is CN(CCCC1CN(C(=O)OC(C)(C)C)C(C)(C)C1)c1cccc(S(=O)(=O)NC(=O)c2ccc(-n3ccc(OCCC(C4CC4)C4CC4)n3)nc2Cl)n1. The fraction of sp³-hybridized carbons (Fsp3) is 0.605. The summed E-state index contributed by atoms with van der Waals surface area (Å²) in [6.45, 7) is 11.6. The quantitative estimate of drug-likeness (QED) is 0.162. The van der Waals surface area contributed by atoms with Crippen LogP contribution in [0.25, 0.3) is 5.82 Å². The van der Waals surface area contributed by atoms with E-state index in [9.17, 15) is 18.0 Å². The van der Waals surface area contributed by atoms with Crippen LogP contribution in [-0.4, -0.2) is 83.0 Å². The maximum atomic E-state index is 13.3. The number of anilines is 1. The molecule has 4 heterocycles. The summed E-state index contributed by atoms with van der Waals surface area (Å²) in [5.41, 5.74) is -0.970. The molecule has 0 radical (unpaired) electrons. The third-order valence-electron chi connectivity index (χ3n) is 10.3. The van der Waals surface area contributed by atoms with Crippen molar-refractivity contribution in [2.24, 2.45) is 23.7 Å². The number of aromatic nitrogens is 4. The van der Waals surface area contributed by atoms with Crippen LogP contribution in [0.2, 0.25) is 5.15 Å². The highest BCUT2D eigenvalue weighted by atomic mass is 35.5. The Morgan fingerprint density at radius 1 is 1.08 bits per heavy atom. The number of hydrogen-bond acceptors (Lipinski definition) is 10. The van der Waals surface area contributed by atoms with Gasteiger partial charge in [0.2, 0.25) is 5.88 Å². The van der Waals surface area contributed by atoms with Gasteiger partial charge >= 0.3 is 6.09 Å². The van der Waals surface area contributed by atoms with Gasteiger partial charge in [-0.25, -0.2) is 24.2 Å². The molecular weight excluding hydrogens is 718 g/mol. The number of nitrogens with one attached hydrogen (secondary N) is 1. The van der Waals surface area contributed by atoms with E-state index in [1.54, 1.807) is 24.4 Å². The molecule has 3 aromatic heterocycles. The minimum atomic E-state index is -4.34. The maximum Gasteiger partial charge on any atom is 0.410 e. The molecule has 288 valence electrons. The third-order valence-corrected chi connectivity index (χ3v) is 11.8. The molecule has 3 fully saturated rings. The highest BCUT2D eigenvalue weighted by Crippen LogP contribution is 2.50. The smallest absolute Gasteiger partial charge is 0.410 e. The third kappa shape index (κ3) is 10.00. The first-order valence-electron chi connectivity index (χ1n) is 18.6. The van der Waals surface area contributed by atoms with Crippen molar-refractivity contribution >= 4 is 39.4 Å². The van der Waals surface area contributed by atoms with Crippen molar-refractivity contribution in [3.63, 3.8) is 0 Å². The number of sulfonamides is 1. The molecule has 1 unspecified atom stereocenters. The average molecular weight is 770 g/mol. The summed E-state index contributed by atoms with van der Waals surface area (Å²) in [5, 5.41) is 3.97. The van der Waals surface area contributed by atoms with Crippen LogP contribution in [0.4, 0.5) is 10.6 Å². The number of amides is 2. The van der Waals surface area contributed by atoms with Crippen molar-refractivity contribution in [2.75, 3.05) is 31.6 Å². The molecule has 3 aromatic rings. The fourth-order valence-electron chi connectivity index (χ4n) is 7.38. The molecule has 15 heteroatoms. The number of hydrogen-bond donors (Lipinski definition) is 1. The number of carbonyl (C=O) groups excluding carboxylic acids is 2. The Bertz CT molecular complexity index is 1890. The van der Waals surface area contributed by atoms with E-state index < -0.39 is 21.5 Å². The fourth-order valence-corrected chi connectivity index (χ4v) is 8.55. The number of halogens is 1. The van der Waals surface area contributed by atoms with Gasteiger partial charge in [-0.1, -0.05) is 17.7 Å². The van der Waals surface area contributed by atoms with E-state index in [1.807, 2.05) is 37.6 Å². The summed E-state index contributed by atoms with van der Waals surface area (Å²) >= 11 is 6.39. The summed E-state index contributed by atoms with van der Waals surface area (Å²) < 4.78 is 41.7. The Morgan fingerprint density at radius 2 is 1.79 bits per heavy atom. The van der Waals surface area contributed by atoms with Crippen molar-refractivity contribution in [1.29, 1.82) is 0 Å². The Balaban J connectivity index is 0.999. The maximum absolute atomic E-state index is 13.3. The van der Waals surface area contributed by atoms with Crippen LogP contribution in [0.15, 0.2) is 47.6 Å². The average Bonchev–Trinajstić information content (AvgIpc) is 4.02.